The van der Waals surface area contributed by atoms with Gasteiger partial charge in [-0.05, 0) is 12.1 Å². The zero-order chi connectivity index (χ0) is 14.7. The van der Waals surface area contributed by atoms with E-state index in [0.29, 0.717) is 30.2 Å². The highest BCUT2D eigenvalue weighted by Crippen LogP contribution is 2.26. The van der Waals surface area contributed by atoms with Gasteiger partial charge in [0.25, 0.3) is 5.91 Å². The largest absolute Gasteiger partial charge is 0.497 e. The van der Waals surface area contributed by atoms with Crippen molar-refractivity contribution in [3.63, 3.8) is 0 Å². The first-order chi connectivity index (χ1) is 9.58. The molecule has 1 aromatic rings. The van der Waals surface area contributed by atoms with E-state index in [-0.39, 0.29) is 11.9 Å². The number of nitrogens with zero attached hydrogens (tertiary/aromatic N) is 1. The Morgan fingerprint density at radius 3 is 2.65 bits per heavy atom. The Hall–Kier alpha value is -1.79. The van der Waals surface area contributed by atoms with E-state index < -0.39 is 6.10 Å². The number of methoxy groups -OCH3 is 2. The van der Waals surface area contributed by atoms with E-state index in [1.165, 1.54) is 7.11 Å². The molecule has 110 valence electrons. The number of hydrogen-bond acceptors (Lipinski definition) is 5. The number of ether oxygens (including phenoxy) is 2. The highest BCUT2D eigenvalue weighted by molar-refractivity contribution is 5.97. The third-order valence-corrected chi connectivity index (χ3v) is 3.61. The van der Waals surface area contributed by atoms with Crippen molar-refractivity contribution < 1.29 is 19.4 Å². The van der Waals surface area contributed by atoms with Crippen molar-refractivity contribution in [3.05, 3.63) is 23.8 Å². The predicted octanol–water partition coefficient (Wildman–Crippen LogP) is 0.108. The van der Waals surface area contributed by atoms with E-state index in [2.05, 4.69) is 5.32 Å². The zero-order valence-electron chi connectivity index (χ0n) is 11.9. The summed E-state index contributed by atoms with van der Waals surface area (Å²) in [4.78, 5) is 14.1. The van der Waals surface area contributed by atoms with Gasteiger partial charge in [-0.2, -0.15) is 0 Å². The van der Waals surface area contributed by atoms with Gasteiger partial charge in [0.05, 0.1) is 31.9 Å². The van der Waals surface area contributed by atoms with E-state index in [0.717, 1.165) is 0 Å². The van der Waals surface area contributed by atoms with Crippen LogP contribution in [0.4, 0.5) is 0 Å². The Kier molecular flexibility index (Phi) is 4.46. The van der Waals surface area contributed by atoms with Gasteiger partial charge in [0, 0.05) is 26.2 Å². The third kappa shape index (κ3) is 2.71. The normalized spacial score (nSPS) is 21.6. The van der Waals surface area contributed by atoms with Crippen LogP contribution in [0.25, 0.3) is 0 Å². The summed E-state index contributed by atoms with van der Waals surface area (Å²) >= 11 is 0. The fourth-order valence-electron chi connectivity index (χ4n) is 2.36. The lowest BCUT2D eigenvalue weighted by Crippen LogP contribution is -2.44. The molecule has 6 heteroatoms. The molecule has 0 aliphatic carbocycles. The second-order valence-corrected chi connectivity index (χ2v) is 4.78. The van der Waals surface area contributed by atoms with Crippen molar-refractivity contribution in [2.75, 3.05) is 34.4 Å². The minimum atomic E-state index is -0.548. The molecule has 1 saturated heterocycles. The molecule has 2 rings (SSSR count). The SMILES string of the molecule is COc1ccc(C(=O)N(C)[C@@H]2CNC[C@H]2O)c(OC)c1. The van der Waals surface area contributed by atoms with Crippen LogP contribution in [0.5, 0.6) is 11.5 Å². The first kappa shape index (κ1) is 14.6. The third-order valence-electron chi connectivity index (χ3n) is 3.61. The average Bonchev–Trinajstić information content (AvgIpc) is 2.91. The van der Waals surface area contributed by atoms with Gasteiger partial charge in [0.15, 0.2) is 0 Å². The van der Waals surface area contributed by atoms with Crippen LogP contribution < -0.4 is 14.8 Å². The van der Waals surface area contributed by atoms with Gasteiger partial charge < -0.3 is 24.8 Å². The lowest BCUT2D eigenvalue weighted by molar-refractivity contribution is 0.0578. The number of benzene rings is 1. The molecule has 0 bridgehead atoms. The molecule has 2 atom stereocenters. The van der Waals surface area contributed by atoms with Crippen molar-refractivity contribution in [2.24, 2.45) is 0 Å². The van der Waals surface area contributed by atoms with Gasteiger partial charge in [0.2, 0.25) is 0 Å². The van der Waals surface area contributed by atoms with E-state index in [1.807, 2.05) is 0 Å². The van der Waals surface area contributed by atoms with Crippen LogP contribution in [-0.2, 0) is 0 Å². The molecule has 1 aliphatic heterocycles. The molecule has 0 aromatic heterocycles. The van der Waals surface area contributed by atoms with Crippen molar-refractivity contribution >= 4 is 5.91 Å². The van der Waals surface area contributed by atoms with Gasteiger partial charge in [-0.15, -0.1) is 0 Å². The standard InChI is InChI=1S/C14H20N2O4/c1-16(11-7-15-8-12(11)17)14(18)10-5-4-9(19-2)6-13(10)20-3/h4-6,11-12,15,17H,7-8H2,1-3H3/t11-,12-/m1/s1. The topological polar surface area (TPSA) is 71.0 Å². The van der Waals surface area contributed by atoms with Gasteiger partial charge >= 0.3 is 0 Å². The van der Waals surface area contributed by atoms with Crippen molar-refractivity contribution in [1.82, 2.24) is 10.2 Å². The summed E-state index contributed by atoms with van der Waals surface area (Å²) in [5, 5.41) is 12.9. The second-order valence-electron chi connectivity index (χ2n) is 4.78. The summed E-state index contributed by atoms with van der Waals surface area (Å²) in [6.45, 7) is 1.09. The van der Waals surface area contributed by atoms with Crippen LogP contribution in [0.15, 0.2) is 18.2 Å². The number of nitrogens with one attached hydrogen (secondary N) is 1. The van der Waals surface area contributed by atoms with Crippen molar-refractivity contribution in [2.45, 2.75) is 12.1 Å². The number of aliphatic hydroxyl groups excluding tert-OH is 1. The Labute approximate surface area is 118 Å². The van der Waals surface area contributed by atoms with Crippen LogP contribution in [0, 0.1) is 0 Å². The molecule has 20 heavy (non-hydrogen) atoms. The van der Waals surface area contributed by atoms with E-state index in [1.54, 1.807) is 37.3 Å². The number of aliphatic hydroxyl groups is 1. The predicted molar refractivity (Wildman–Crippen MR) is 74.3 cm³/mol. The van der Waals surface area contributed by atoms with Crippen LogP contribution in [0.2, 0.25) is 0 Å². The molecule has 0 unspecified atom stereocenters. The maximum Gasteiger partial charge on any atom is 0.257 e. The summed E-state index contributed by atoms with van der Waals surface area (Å²) in [5.41, 5.74) is 0.454. The molecule has 2 N–H and O–H groups in total. The lowest BCUT2D eigenvalue weighted by atomic mass is 10.1. The number of rotatable bonds is 4. The number of amides is 1. The number of β-amino-alcohol motifs (C(OH)–C–C–N with tert-alkyl or cyclic N) is 1. The quantitative estimate of drug-likeness (QED) is 0.819. The zero-order valence-corrected chi connectivity index (χ0v) is 11.9. The van der Waals surface area contributed by atoms with E-state index >= 15 is 0 Å². The molecule has 0 saturated carbocycles. The highest BCUT2D eigenvalue weighted by Gasteiger charge is 2.32. The molecular weight excluding hydrogens is 260 g/mol. The summed E-state index contributed by atoms with van der Waals surface area (Å²) in [6, 6.07) is 4.83. The molecule has 0 radical (unpaired) electrons. The lowest BCUT2D eigenvalue weighted by Gasteiger charge is -2.27. The fourth-order valence-corrected chi connectivity index (χ4v) is 2.36. The first-order valence-electron chi connectivity index (χ1n) is 6.46. The first-order valence-corrected chi connectivity index (χ1v) is 6.46. The molecule has 6 nitrogen and oxygen atoms in total. The minimum Gasteiger partial charge on any atom is -0.497 e. The summed E-state index contributed by atoms with van der Waals surface area (Å²) < 4.78 is 10.4. The average molecular weight is 280 g/mol. The summed E-state index contributed by atoms with van der Waals surface area (Å²) in [7, 11) is 4.76. The number of carbonyl (C=O) groups excluding carboxylic acids is 1. The summed E-state index contributed by atoms with van der Waals surface area (Å²) in [5.74, 6) is 0.905. The van der Waals surface area contributed by atoms with Gasteiger partial charge in [-0.25, -0.2) is 0 Å². The molecular formula is C14H20N2O4. The Bertz CT molecular complexity index is 492. The highest BCUT2D eigenvalue weighted by atomic mass is 16.5. The van der Waals surface area contributed by atoms with Crippen LogP contribution in [0.3, 0.4) is 0 Å². The van der Waals surface area contributed by atoms with E-state index in [9.17, 15) is 9.90 Å². The number of hydrogen-bond donors (Lipinski definition) is 2. The molecule has 1 heterocycles. The molecule has 1 amide bonds. The fraction of sp³-hybridized carbons (Fsp3) is 0.500. The Morgan fingerprint density at radius 2 is 2.10 bits per heavy atom. The second kappa shape index (κ2) is 6.11. The minimum absolute atomic E-state index is 0.183. The van der Waals surface area contributed by atoms with Gasteiger partial charge in [-0.3, -0.25) is 4.79 Å². The van der Waals surface area contributed by atoms with Crippen LogP contribution >= 0.6 is 0 Å². The summed E-state index contributed by atoms with van der Waals surface area (Å²) in [6.07, 6.45) is -0.548. The van der Waals surface area contributed by atoms with Crippen molar-refractivity contribution in [3.8, 4) is 11.5 Å². The molecule has 1 fully saturated rings. The van der Waals surface area contributed by atoms with Gasteiger partial charge in [0.1, 0.15) is 11.5 Å². The maximum atomic E-state index is 12.5. The monoisotopic (exact) mass is 280 g/mol. The van der Waals surface area contributed by atoms with E-state index in [4.69, 9.17) is 9.47 Å². The Morgan fingerprint density at radius 1 is 1.35 bits per heavy atom. The molecule has 0 spiro atoms. The maximum absolute atomic E-state index is 12.5. The Balaban J connectivity index is 2.24. The van der Waals surface area contributed by atoms with Crippen molar-refractivity contribution in [1.29, 1.82) is 0 Å². The van der Waals surface area contributed by atoms with Gasteiger partial charge in [-0.1, -0.05) is 0 Å². The van der Waals surface area contributed by atoms with Crippen LogP contribution in [-0.4, -0.2) is 62.4 Å². The van der Waals surface area contributed by atoms with Crippen LogP contribution in [0.1, 0.15) is 10.4 Å². The number of likely N-dealkylation sites (N-methyl/N-ethyl adjacent to an activating group) is 1. The molecule has 1 aliphatic rings. The smallest absolute Gasteiger partial charge is 0.257 e. The number of carbonyl (C=O) groups is 1. The molecule has 1 aromatic carbocycles.